The lowest BCUT2D eigenvalue weighted by atomic mass is 10.1. The van der Waals surface area contributed by atoms with Crippen molar-refractivity contribution in [3.8, 4) is 0 Å². The smallest absolute Gasteiger partial charge is 0.319 e. The van der Waals surface area contributed by atoms with Crippen LogP contribution in [0.25, 0.3) is 0 Å². The normalized spacial score (nSPS) is 27.6. The molecule has 7 nitrogen and oxygen atoms in total. The van der Waals surface area contributed by atoms with Crippen LogP contribution in [0.5, 0.6) is 0 Å². The van der Waals surface area contributed by atoms with Crippen LogP contribution < -0.4 is 10.3 Å². The number of hydrogen-bond acceptors (Lipinski definition) is 5. The van der Waals surface area contributed by atoms with E-state index in [-0.39, 0.29) is 18.7 Å². The molecule has 1 fully saturated rings. The number of rotatable bonds is 3. The number of nitrogens with zero attached hydrogens (tertiary/aromatic N) is 1. The van der Waals surface area contributed by atoms with Gasteiger partial charge in [0, 0.05) is 12.8 Å². The minimum atomic E-state index is -0.871. The van der Waals surface area contributed by atoms with Crippen LogP contribution in [0.4, 0.5) is 0 Å². The van der Waals surface area contributed by atoms with Crippen molar-refractivity contribution in [2.24, 2.45) is 0 Å². The first-order valence-corrected chi connectivity index (χ1v) is 5.86. The molecule has 0 aliphatic carbocycles. The number of H-pyrrole nitrogens is 1. The Bertz CT molecular complexity index is 487. The van der Waals surface area contributed by atoms with Crippen molar-refractivity contribution in [2.45, 2.75) is 38.1 Å². The van der Waals surface area contributed by atoms with Crippen LogP contribution in [-0.2, 0) is 11.2 Å². The number of aryl methyl sites for hydroxylation is 1. The standard InChI is InChI=1S/C11H16N2O5/c1-2-6-4-12-11(16)10(13(6)17)8-3-7(15)9(5-14)18-8/h4,7-9,14-15H,2-3,5H2,1H3,(H,12,16)/t7-,8?,9+/m0/s1. The monoisotopic (exact) mass is 256 g/mol. The summed E-state index contributed by atoms with van der Waals surface area (Å²) in [6, 6.07) is 0. The van der Waals surface area contributed by atoms with Crippen LogP contribution in [0.15, 0.2) is 11.0 Å². The van der Waals surface area contributed by atoms with Gasteiger partial charge in [0.15, 0.2) is 6.10 Å². The molecule has 2 heterocycles. The molecule has 18 heavy (non-hydrogen) atoms. The van der Waals surface area contributed by atoms with E-state index < -0.39 is 23.9 Å². The molecule has 100 valence electrons. The van der Waals surface area contributed by atoms with E-state index in [1.807, 2.05) is 0 Å². The predicted molar refractivity (Wildman–Crippen MR) is 60.7 cm³/mol. The molecule has 1 aliphatic rings. The quantitative estimate of drug-likeness (QED) is 0.462. The van der Waals surface area contributed by atoms with Gasteiger partial charge >= 0.3 is 5.56 Å². The van der Waals surface area contributed by atoms with Gasteiger partial charge in [-0.15, -0.1) is 0 Å². The van der Waals surface area contributed by atoms with Gasteiger partial charge in [-0.2, -0.15) is 4.73 Å². The molecule has 1 aliphatic heterocycles. The summed E-state index contributed by atoms with van der Waals surface area (Å²) >= 11 is 0. The first-order chi connectivity index (χ1) is 8.58. The van der Waals surface area contributed by atoms with Crippen LogP contribution in [-0.4, -0.2) is 34.0 Å². The molecule has 1 aromatic heterocycles. The Hall–Kier alpha value is -1.44. The van der Waals surface area contributed by atoms with Crippen LogP contribution in [0, 0.1) is 5.21 Å². The average molecular weight is 256 g/mol. The number of nitrogens with one attached hydrogen (secondary N) is 1. The maximum atomic E-state index is 12.0. The second-order valence-corrected chi connectivity index (χ2v) is 4.29. The molecule has 0 saturated carbocycles. The van der Waals surface area contributed by atoms with Gasteiger partial charge in [0.1, 0.15) is 6.10 Å². The molecule has 2 rings (SSSR count). The number of hydrogen-bond donors (Lipinski definition) is 3. The molecule has 0 spiro atoms. The highest BCUT2D eigenvalue weighted by molar-refractivity contribution is 5.02. The SMILES string of the molecule is CCc1c[nH]c(=O)c(C2C[C@H](O)[C@@H](CO)O2)[n+]1[O-]. The first kappa shape index (κ1) is 13.0. The van der Waals surface area contributed by atoms with Gasteiger partial charge in [0.25, 0.3) is 5.69 Å². The van der Waals surface area contributed by atoms with Crippen molar-refractivity contribution in [3.63, 3.8) is 0 Å². The number of aliphatic hydroxyl groups excluding tert-OH is 2. The van der Waals surface area contributed by atoms with Crippen molar-refractivity contribution in [1.29, 1.82) is 0 Å². The second-order valence-electron chi connectivity index (χ2n) is 4.29. The molecule has 0 aromatic carbocycles. The molecular weight excluding hydrogens is 240 g/mol. The summed E-state index contributed by atoms with van der Waals surface area (Å²) in [6.45, 7) is 1.45. The molecule has 0 bridgehead atoms. The first-order valence-electron chi connectivity index (χ1n) is 5.86. The number of ether oxygens (including phenoxy) is 1. The summed E-state index contributed by atoms with van der Waals surface area (Å²) in [5, 5.41) is 30.6. The molecule has 3 atom stereocenters. The van der Waals surface area contributed by atoms with Gasteiger partial charge in [-0.1, -0.05) is 6.92 Å². The predicted octanol–water partition coefficient (Wildman–Crippen LogP) is -1.25. The Morgan fingerprint density at radius 2 is 2.39 bits per heavy atom. The molecule has 7 heteroatoms. The number of aromatic nitrogens is 2. The van der Waals surface area contributed by atoms with Crippen LogP contribution in [0.1, 0.15) is 30.8 Å². The van der Waals surface area contributed by atoms with Gasteiger partial charge in [-0.05, 0) is 0 Å². The average Bonchev–Trinajstić information content (AvgIpc) is 2.70. The third-order valence-electron chi connectivity index (χ3n) is 3.15. The number of aromatic amines is 1. The lowest BCUT2D eigenvalue weighted by molar-refractivity contribution is -0.628. The third kappa shape index (κ3) is 2.12. The van der Waals surface area contributed by atoms with Crippen molar-refractivity contribution in [3.05, 3.63) is 33.1 Å². The zero-order valence-electron chi connectivity index (χ0n) is 10.00. The van der Waals surface area contributed by atoms with Crippen LogP contribution >= 0.6 is 0 Å². The highest BCUT2D eigenvalue weighted by atomic mass is 16.5. The summed E-state index contributed by atoms with van der Waals surface area (Å²) in [7, 11) is 0. The van der Waals surface area contributed by atoms with E-state index in [0.29, 0.717) is 16.8 Å². The van der Waals surface area contributed by atoms with Gasteiger partial charge in [0.05, 0.1) is 18.9 Å². The van der Waals surface area contributed by atoms with Gasteiger partial charge in [-0.3, -0.25) is 4.79 Å². The van der Waals surface area contributed by atoms with E-state index in [0.717, 1.165) is 0 Å². The van der Waals surface area contributed by atoms with Crippen molar-refractivity contribution in [1.82, 2.24) is 4.98 Å². The lowest BCUT2D eigenvalue weighted by Crippen LogP contribution is -2.44. The maximum Gasteiger partial charge on any atom is 0.319 e. The van der Waals surface area contributed by atoms with E-state index in [4.69, 9.17) is 9.84 Å². The van der Waals surface area contributed by atoms with Crippen LogP contribution in [0.2, 0.25) is 0 Å². The molecular formula is C11H16N2O5. The summed E-state index contributed by atoms with van der Waals surface area (Å²) in [5.74, 6) is 0. The summed E-state index contributed by atoms with van der Waals surface area (Å²) in [4.78, 5) is 14.2. The van der Waals surface area contributed by atoms with Crippen molar-refractivity contribution < 1.29 is 19.7 Å². The van der Waals surface area contributed by atoms with E-state index in [1.165, 1.54) is 6.20 Å². The van der Waals surface area contributed by atoms with Gasteiger partial charge in [-0.25, -0.2) is 0 Å². The summed E-state index contributed by atoms with van der Waals surface area (Å²) in [5.41, 5.74) is -0.169. The highest BCUT2D eigenvalue weighted by Crippen LogP contribution is 2.29. The summed E-state index contributed by atoms with van der Waals surface area (Å²) in [6.07, 6.45) is -0.432. The van der Waals surface area contributed by atoms with Gasteiger partial charge in [0.2, 0.25) is 5.69 Å². The molecule has 1 aromatic rings. The zero-order valence-corrected chi connectivity index (χ0v) is 10.00. The van der Waals surface area contributed by atoms with Crippen molar-refractivity contribution in [2.75, 3.05) is 6.61 Å². The summed E-state index contributed by atoms with van der Waals surface area (Å²) < 4.78 is 5.88. The molecule has 0 radical (unpaired) electrons. The van der Waals surface area contributed by atoms with E-state index in [9.17, 15) is 15.1 Å². The minimum absolute atomic E-state index is 0.0654. The Kier molecular flexibility index (Phi) is 3.65. The largest absolute Gasteiger partial charge is 0.618 e. The fraction of sp³-hybridized carbons (Fsp3) is 0.636. The molecule has 3 N–H and O–H groups in total. The highest BCUT2D eigenvalue weighted by Gasteiger charge is 2.40. The molecule has 0 amide bonds. The topological polar surface area (TPSA) is 109 Å². The van der Waals surface area contributed by atoms with E-state index >= 15 is 0 Å². The third-order valence-corrected chi connectivity index (χ3v) is 3.15. The zero-order chi connectivity index (χ0) is 13.3. The van der Waals surface area contributed by atoms with E-state index in [2.05, 4.69) is 4.98 Å². The molecule has 1 saturated heterocycles. The minimum Gasteiger partial charge on any atom is -0.618 e. The Morgan fingerprint density at radius 1 is 1.67 bits per heavy atom. The Balaban J connectivity index is 2.37. The second kappa shape index (κ2) is 5.05. The Labute approximate surface area is 103 Å². The van der Waals surface area contributed by atoms with Crippen LogP contribution in [0.3, 0.4) is 0 Å². The van der Waals surface area contributed by atoms with Crippen molar-refractivity contribution >= 4 is 0 Å². The fourth-order valence-electron chi connectivity index (χ4n) is 2.12. The molecule has 1 unspecified atom stereocenters. The fourth-order valence-corrected chi connectivity index (χ4v) is 2.12. The number of aliphatic hydroxyl groups is 2. The Morgan fingerprint density at radius 3 is 2.94 bits per heavy atom. The maximum absolute atomic E-state index is 12.0. The van der Waals surface area contributed by atoms with E-state index in [1.54, 1.807) is 6.92 Å². The van der Waals surface area contributed by atoms with Gasteiger partial charge < -0.3 is 25.1 Å². The lowest BCUT2D eigenvalue weighted by Gasteiger charge is -2.12.